The molecule has 0 fully saturated rings. The molecule has 0 spiro atoms. The third-order valence-corrected chi connectivity index (χ3v) is 10.0. The Kier molecular flexibility index (Phi) is 4.83. The lowest BCUT2D eigenvalue weighted by atomic mass is 9.94. The van der Waals surface area contributed by atoms with Crippen molar-refractivity contribution in [1.82, 2.24) is 5.32 Å². The summed E-state index contributed by atoms with van der Waals surface area (Å²) < 4.78 is 0. The number of nitrogens with zero attached hydrogens (tertiary/aromatic N) is 2. The summed E-state index contributed by atoms with van der Waals surface area (Å²) in [4.78, 5) is 9.34. The fourth-order valence-electron chi connectivity index (χ4n) is 5.46. The summed E-state index contributed by atoms with van der Waals surface area (Å²) in [5, 5.41) is 17.7. The van der Waals surface area contributed by atoms with E-state index in [0.717, 1.165) is 28.0 Å². The molecule has 4 nitrogen and oxygen atoms in total. The van der Waals surface area contributed by atoms with E-state index in [9.17, 15) is 0 Å². The predicted molar refractivity (Wildman–Crippen MR) is 156 cm³/mol. The monoisotopic (exact) mass is 483 g/mol. The summed E-state index contributed by atoms with van der Waals surface area (Å²) in [7, 11) is -1.17. The molecule has 0 aromatic heterocycles. The fourth-order valence-corrected chi connectivity index (χ4v) is 7.80. The Morgan fingerprint density at radius 2 is 1.81 bits per heavy atom. The second kappa shape index (κ2) is 8.22. The van der Waals surface area contributed by atoms with E-state index in [4.69, 9.17) is 10.4 Å². The Labute approximate surface area is 211 Å². The lowest BCUT2D eigenvalue weighted by Gasteiger charge is -2.26. The van der Waals surface area contributed by atoms with Gasteiger partial charge in [-0.3, -0.25) is 4.99 Å². The minimum atomic E-state index is -1.17. The van der Waals surface area contributed by atoms with Crippen molar-refractivity contribution in [2.75, 3.05) is 0 Å². The quantitative estimate of drug-likeness (QED) is 0.322. The van der Waals surface area contributed by atoms with E-state index in [1.54, 1.807) is 0 Å². The molecule has 5 heteroatoms. The van der Waals surface area contributed by atoms with E-state index in [2.05, 4.69) is 89.2 Å². The molecule has 3 aromatic rings. The van der Waals surface area contributed by atoms with E-state index in [-0.39, 0.29) is 6.04 Å². The Balaban J connectivity index is 1.23. The van der Waals surface area contributed by atoms with Crippen molar-refractivity contribution in [3.05, 3.63) is 118 Å². The molecular formula is C31H24N4P+. The van der Waals surface area contributed by atoms with Crippen LogP contribution in [0.5, 0.6) is 0 Å². The molecule has 172 valence electrons. The molecular weight excluding hydrogens is 459 g/mol. The van der Waals surface area contributed by atoms with E-state index < -0.39 is 7.92 Å². The minimum Gasteiger partial charge on any atom is -0.371 e. The van der Waals surface area contributed by atoms with Crippen molar-refractivity contribution < 1.29 is 0 Å². The molecule has 0 amide bonds. The van der Waals surface area contributed by atoms with Crippen LogP contribution in [0.2, 0.25) is 0 Å². The first-order valence-electron chi connectivity index (χ1n) is 12.2. The first-order valence-corrected chi connectivity index (χ1v) is 13.7. The van der Waals surface area contributed by atoms with Crippen molar-refractivity contribution in [3.63, 3.8) is 0 Å². The Hall–Kier alpha value is -4.14. The zero-order chi connectivity index (χ0) is 24.2. The van der Waals surface area contributed by atoms with Gasteiger partial charge < -0.3 is 10.7 Å². The second-order valence-electron chi connectivity index (χ2n) is 9.25. The van der Waals surface area contributed by atoms with Gasteiger partial charge in [0.2, 0.25) is 0 Å². The molecule has 36 heavy (non-hydrogen) atoms. The van der Waals surface area contributed by atoms with Crippen molar-refractivity contribution in [3.8, 4) is 0 Å². The number of benzene rings is 3. The Bertz CT molecular complexity index is 1670. The molecule has 4 aliphatic rings. The molecule has 2 N–H and O–H groups in total. The van der Waals surface area contributed by atoms with Crippen LogP contribution in [0.1, 0.15) is 23.6 Å². The van der Waals surface area contributed by atoms with E-state index in [0.29, 0.717) is 0 Å². The van der Waals surface area contributed by atoms with Crippen LogP contribution in [-0.4, -0.2) is 24.2 Å². The first-order chi connectivity index (χ1) is 17.7. The molecule has 7 rings (SSSR count). The van der Waals surface area contributed by atoms with Crippen LogP contribution in [0.3, 0.4) is 0 Å². The standard InChI is InChI=1S/C31H23N4P/c1-2-22(16-32)36(24-17-33-18-24)23-12-9-19(10-13-23)21-11-14-27-28(15-21)35-31-26-8-4-6-20-5-3-7-25(29(20)26)30(31)34-27/h2-18,27,32,34H,1H3/p+1/b22-2+,32-16?. The highest BCUT2D eigenvalue weighted by Gasteiger charge is 2.32. The molecule has 2 aliphatic carbocycles. The number of nitrogens with one attached hydrogen (secondary N) is 2. The SMILES string of the molecule is C/C=C(\C=N)[PH+](C1=CN=C1)c1ccc(C2=CC3=NC4=C(NC3C=C2)c2cccc3cccc4c23)cc1. The maximum absolute atomic E-state index is 7.87. The number of fused-ring (bicyclic) bond motifs is 3. The number of rotatable bonds is 5. The fraction of sp³-hybridized carbons (Fsp3) is 0.0645. The van der Waals surface area contributed by atoms with Crippen molar-refractivity contribution in [2.45, 2.75) is 13.0 Å². The van der Waals surface area contributed by atoms with Crippen LogP contribution in [-0.2, 0) is 0 Å². The molecule has 2 atom stereocenters. The average molecular weight is 484 g/mol. The first kappa shape index (κ1) is 21.2. The molecule has 2 aliphatic heterocycles. The van der Waals surface area contributed by atoms with Crippen LogP contribution in [0.15, 0.2) is 112 Å². The number of hydrogen-bond donors (Lipinski definition) is 2. The maximum Gasteiger partial charge on any atom is 0.138 e. The van der Waals surface area contributed by atoms with E-state index in [1.165, 1.54) is 44.3 Å². The minimum absolute atomic E-state index is 0.0702. The highest BCUT2D eigenvalue weighted by atomic mass is 31.1. The van der Waals surface area contributed by atoms with Gasteiger partial charge in [-0.25, -0.2) is 4.99 Å². The van der Waals surface area contributed by atoms with Gasteiger partial charge in [0.05, 0.1) is 41.8 Å². The third kappa shape index (κ3) is 3.15. The summed E-state index contributed by atoms with van der Waals surface area (Å²) in [6, 6.07) is 21.8. The highest BCUT2D eigenvalue weighted by Crippen LogP contribution is 2.51. The van der Waals surface area contributed by atoms with Crippen LogP contribution in [0.4, 0.5) is 0 Å². The lowest BCUT2D eigenvalue weighted by molar-refractivity contribution is 0.887. The molecule has 0 radical (unpaired) electrons. The Morgan fingerprint density at radius 1 is 1.03 bits per heavy atom. The van der Waals surface area contributed by atoms with Crippen LogP contribution >= 0.6 is 7.92 Å². The largest absolute Gasteiger partial charge is 0.371 e. The predicted octanol–water partition coefficient (Wildman–Crippen LogP) is 6.36. The molecule has 0 bridgehead atoms. The second-order valence-corrected chi connectivity index (χ2v) is 11.7. The topological polar surface area (TPSA) is 60.6 Å². The van der Waals surface area contributed by atoms with Gasteiger partial charge in [-0.15, -0.1) is 0 Å². The summed E-state index contributed by atoms with van der Waals surface area (Å²) in [5.74, 6) is 0. The van der Waals surface area contributed by atoms with Crippen molar-refractivity contribution in [1.29, 1.82) is 5.41 Å². The summed E-state index contributed by atoms with van der Waals surface area (Å²) >= 11 is 0. The van der Waals surface area contributed by atoms with Gasteiger partial charge in [-0.2, -0.15) is 0 Å². The van der Waals surface area contributed by atoms with Gasteiger partial charge in [-0.05, 0) is 47.7 Å². The number of hydrogen-bond acceptors (Lipinski definition) is 4. The van der Waals surface area contributed by atoms with E-state index in [1.807, 2.05) is 25.4 Å². The maximum atomic E-state index is 7.87. The van der Waals surface area contributed by atoms with Gasteiger partial charge in [0, 0.05) is 16.5 Å². The van der Waals surface area contributed by atoms with Crippen molar-refractivity contribution in [2.24, 2.45) is 9.98 Å². The van der Waals surface area contributed by atoms with Gasteiger partial charge in [0.1, 0.15) is 23.9 Å². The Morgan fingerprint density at radius 3 is 2.50 bits per heavy atom. The summed E-state index contributed by atoms with van der Waals surface area (Å²) in [6.07, 6.45) is 14.0. The zero-order valence-electron chi connectivity index (χ0n) is 19.8. The molecule has 0 saturated carbocycles. The van der Waals surface area contributed by atoms with Crippen LogP contribution in [0.25, 0.3) is 27.7 Å². The van der Waals surface area contributed by atoms with Crippen LogP contribution < -0.4 is 10.6 Å². The zero-order valence-corrected chi connectivity index (χ0v) is 20.8. The smallest absolute Gasteiger partial charge is 0.138 e. The highest BCUT2D eigenvalue weighted by molar-refractivity contribution is 7.75. The van der Waals surface area contributed by atoms with E-state index >= 15 is 0 Å². The lowest BCUT2D eigenvalue weighted by Crippen LogP contribution is -2.36. The van der Waals surface area contributed by atoms with Gasteiger partial charge in [0.25, 0.3) is 0 Å². The van der Waals surface area contributed by atoms with Crippen molar-refractivity contribution >= 4 is 59.1 Å². The number of allylic oxidation sites excluding steroid dienone is 5. The van der Waals surface area contributed by atoms with Gasteiger partial charge >= 0.3 is 0 Å². The molecule has 2 unspecified atom stereocenters. The molecule has 3 aromatic carbocycles. The van der Waals surface area contributed by atoms with Gasteiger partial charge in [0.15, 0.2) is 0 Å². The van der Waals surface area contributed by atoms with Gasteiger partial charge in [-0.1, -0.05) is 60.7 Å². The molecule has 0 saturated heterocycles. The third-order valence-electron chi connectivity index (χ3n) is 7.27. The number of aliphatic imine (C=N–C) groups is 2. The summed E-state index contributed by atoms with van der Waals surface area (Å²) in [6.45, 7) is 2.01. The summed E-state index contributed by atoms with van der Waals surface area (Å²) in [5.41, 5.74) is 8.00. The average Bonchev–Trinajstić information content (AvgIpc) is 3.21. The molecule has 2 heterocycles. The normalized spacial score (nSPS) is 20.1. The van der Waals surface area contributed by atoms with Crippen LogP contribution in [0, 0.1) is 5.41 Å².